The van der Waals surface area contributed by atoms with Gasteiger partial charge in [-0.1, -0.05) is 87.4 Å². The fourth-order valence-electron chi connectivity index (χ4n) is 3.01. The molecule has 0 atom stereocenters. The van der Waals surface area contributed by atoms with Crippen LogP contribution < -0.4 is 4.74 Å². The van der Waals surface area contributed by atoms with E-state index in [1.165, 1.54) is 44.9 Å². The Morgan fingerprint density at radius 2 is 1.35 bits per heavy atom. The average Bonchev–Trinajstić information content (AvgIpc) is 2.69. The predicted octanol–water partition coefficient (Wildman–Crippen LogP) is 6.43. The molecule has 2 rings (SSSR count). The predicted molar refractivity (Wildman–Crippen MR) is 108 cm³/mol. The maximum atomic E-state index is 9.35. The van der Waals surface area contributed by atoms with Gasteiger partial charge in [0.1, 0.15) is 11.5 Å². The summed E-state index contributed by atoms with van der Waals surface area (Å²) < 4.78 is 5.82. The van der Waals surface area contributed by atoms with E-state index in [-0.39, 0.29) is 0 Å². The van der Waals surface area contributed by atoms with Crippen molar-refractivity contribution in [2.24, 2.45) is 5.16 Å². The third kappa shape index (κ3) is 6.91. The first-order valence-electron chi connectivity index (χ1n) is 9.86. The van der Waals surface area contributed by atoms with Crippen molar-refractivity contribution in [2.75, 3.05) is 6.61 Å². The Morgan fingerprint density at radius 3 is 1.96 bits per heavy atom. The van der Waals surface area contributed by atoms with Crippen LogP contribution in [0, 0.1) is 0 Å². The highest BCUT2D eigenvalue weighted by Gasteiger charge is 2.07. The molecule has 2 aromatic carbocycles. The van der Waals surface area contributed by atoms with Gasteiger partial charge in [-0.3, -0.25) is 0 Å². The van der Waals surface area contributed by atoms with Crippen molar-refractivity contribution < 1.29 is 9.94 Å². The van der Waals surface area contributed by atoms with E-state index < -0.39 is 0 Å². The Balaban J connectivity index is 1.71. The summed E-state index contributed by atoms with van der Waals surface area (Å²) in [7, 11) is 0. The lowest BCUT2D eigenvalue weighted by atomic mass is 10.0. The number of oxime groups is 1. The van der Waals surface area contributed by atoms with Gasteiger partial charge in [-0.2, -0.15) is 0 Å². The van der Waals surface area contributed by atoms with Gasteiger partial charge >= 0.3 is 0 Å². The van der Waals surface area contributed by atoms with Gasteiger partial charge in [-0.05, 0) is 30.7 Å². The highest BCUT2D eigenvalue weighted by Crippen LogP contribution is 2.17. The summed E-state index contributed by atoms with van der Waals surface area (Å²) in [6.07, 6.45) is 10.4. The molecule has 0 saturated carbocycles. The van der Waals surface area contributed by atoms with Crippen LogP contribution in [0.4, 0.5) is 0 Å². The van der Waals surface area contributed by atoms with Crippen LogP contribution in [0.25, 0.3) is 0 Å². The maximum Gasteiger partial charge on any atom is 0.119 e. The van der Waals surface area contributed by atoms with E-state index in [4.69, 9.17) is 4.74 Å². The minimum atomic E-state index is 0.570. The van der Waals surface area contributed by atoms with Crippen LogP contribution in [-0.4, -0.2) is 17.5 Å². The topological polar surface area (TPSA) is 41.8 Å². The zero-order chi connectivity index (χ0) is 18.5. The third-order valence-corrected chi connectivity index (χ3v) is 4.54. The standard InChI is InChI=1S/C23H31NO2/c1-2-3-4-5-6-7-8-12-19-26-22-17-15-21(16-18-22)23(24-25)20-13-10-9-11-14-20/h9-11,13-18,25H,2-8,12,19H2,1H3. The second-order valence-corrected chi connectivity index (χ2v) is 6.66. The highest BCUT2D eigenvalue weighted by atomic mass is 16.5. The molecule has 0 radical (unpaired) electrons. The quantitative estimate of drug-likeness (QED) is 0.207. The van der Waals surface area contributed by atoms with E-state index in [0.717, 1.165) is 29.9 Å². The molecule has 0 aromatic heterocycles. The number of nitrogens with zero attached hydrogens (tertiary/aromatic N) is 1. The minimum absolute atomic E-state index is 0.570. The van der Waals surface area contributed by atoms with Crippen LogP contribution >= 0.6 is 0 Å². The van der Waals surface area contributed by atoms with Gasteiger partial charge in [0.2, 0.25) is 0 Å². The van der Waals surface area contributed by atoms with Crippen LogP contribution in [-0.2, 0) is 0 Å². The summed E-state index contributed by atoms with van der Waals surface area (Å²) in [6, 6.07) is 17.4. The molecule has 140 valence electrons. The van der Waals surface area contributed by atoms with Gasteiger partial charge in [-0.25, -0.2) is 0 Å². The van der Waals surface area contributed by atoms with Crippen molar-refractivity contribution >= 4 is 5.71 Å². The summed E-state index contributed by atoms with van der Waals surface area (Å²) in [5.74, 6) is 0.863. The molecule has 0 amide bonds. The zero-order valence-corrected chi connectivity index (χ0v) is 15.9. The Kier molecular flexibility index (Phi) is 9.34. The Bertz CT molecular complexity index is 635. The summed E-state index contributed by atoms with van der Waals surface area (Å²) in [5.41, 5.74) is 2.33. The van der Waals surface area contributed by atoms with Gasteiger partial charge in [-0.15, -0.1) is 0 Å². The largest absolute Gasteiger partial charge is 0.494 e. The summed E-state index contributed by atoms with van der Waals surface area (Å²) >= 11 is 0. The molecule has 2 aromatic rings. The number of benzene rings is 2. The van der Waals surface area contributed by atoms with Crippen molar-refractivity contribution in [1.29, 1.82) is 0 Å². The molecule has 3 heteroatoms. The van der Waals surface area contributed by atoms with E-state index >= 15 is 0 Å². The van der Waals surface area contributed by atoms with Crippen molar-refractivity contribution in [2.45, 2.75) is 58.3 Å². The van der Waals surface area contributed by atoms with Crippen molar-refractivity contribution in [3.63, 3.8) is 0 Å². The maximum absolute atomic E-state index is 9.35. The third-order valence-electron chi connectivity index (χ3n) is 4.54. The molecular formula is C23H31NO2. The summed E-state index contributed by atoms with van der Waals surface area (Å²) in [6.45, 7) is 3.01. The lowest BCUT2D eigenvalue weighted by Gasteiger charge is -2.08. The van der Waals surface area contributed by atoms with E-state index in [1.54, 1.807) is 0 Å². The van der Waals surface area contributed by atoms with Crippen LogP contribution in [0.3, 0.4) is 0 Å². The van der Waals surface area contributed by atoms with Crippen molar-refractivity contribution in [1.82, 2.24) is 0 Å². The highest BCUT2D eigenvalue weighted by molar-refractivity contribution is 6.12. The molecule has 0 aliphatic heterocycles. The van der Waals surface area contributed by atoms with Crippen LogP contribution in [0.2, 0.25) is 0 Å². The van der Waals surface area contributed by atoms with E-state index in [9.17, 15) is 5.21 Å². The average molecular weight is 354 g/mol. The molecular weight excluding hydrogens is 322 g/mol. The van der Waals surface area contributed by atoms with Crippen molar-refractivity contribution in [3.8, 4) is 5.75 Å². The fourth-order valence-corrected chi connectivity index (χ4v) is 3.01. The lowest BCUT2D eigenvalue weighted by molar-refractivity contribution is 0.304. The lowest BCUT2D eigenvalue weighted by Crippen LogP contribution is -2.03. The van der Waals surface area contributed by atoms with Crippen LogP contribution in [0.5, 0.6) is 5.75 Å². The number of hydrogen-bond acceptors (Lipinski definition) is 3. The van der Waals surface area contributed by atoms with Gasteiger partial charge in [0.25, 0.3) is 0 Å². The van der Waals surface area contributed by atoms with Crippen LogP contribution in [0.1, 0.15) is 69.4 Å². The fraction of sp³-hybridized carbons (Fsp3) is 0.435. The zero-order valence-electron chi connectivity index (χ0n) is 15.9. The minimum Gasteiger partial charge on any atom is -0.494 e. The number of hydrogen-bond donors (Lipinski definition) is 1. The number of unbranched alkanes of at least 4 members (excludes halogenated alkanes) is 7. The summed E-state index contributed by atoms with van der Waals surface area (Å²) in [4.78, 5) is 0. The van der Waals surface area contributed by atoms with Gasteiger partial charge < -0.3 is 9.94 Å². The first-order valence-corrected chi connectivity index (χ1v) is 9.86. The molecule has 3 nitrogen and oxygen atoms in total. The smallest absolute Gasteiger partial charge is 0.119 e. The molecule has 0 spiro atoms. The first-order chi connectivity index (χ1) is 12.8. The van der Waals surface area contributed by atoms with Crippen molar-refractivity contribution in [3.05, 3.63) is 65.7 Å². The number of rotatable bonds is 12. The first kappa shape index (κ1) is 20.0. The number of ether oxygens (including phenoxy) is 1. The molecule has 0 aliphatic carbocycles. The van der Waals surface area contributed by atoms with E-state index in [0.29, 0.717) is 5.71 Å². The molecule has 26 heavy (non-hydrogen) atoms. The molecule has 1 N–H and O–H groups in total. The molecule has 0 fully saturated rings. The Labute approximate surface area is 157 Å². The summed E-state index contributed by atoms with van der Waals surface area (Å²) in [5, 5.41) is 12.8. The molecule has 0 heterocycles. The second kappa shape index (κ2) is 12.1. The Hall–Kier alpha value is -2.29. The molecule has 0 unspecified atom stereocenters. The normalized spacial score (nSPS) is 11.5. The van der Waals surface area contributed by atoms with Gasteiger partial charge in [0.15, 0.2) is 0 Å². The van der Waals surface area contributed by atoms with Crippen LogP contribution in [0.15, 0.2) is 59.8 Å². The molecule has 0 bridgehead atoms. The second-order valence-electron chi connectivity index (χ2n) is 6.66. The Morgan fingerprint density at radius 1 is 0.769 bits per heavy atom. The van der Waals surface area contributed by atoms with E-state index in [2.05, 4.69) is 12.1 Å². The van der Waals surface area contributed by atoms with Gasteiger partial charge in [0.05, 0.1) is 6.61 Å². The monoisotopic (exact) mass is 353 g/mol. The van der Waals surface area contributed by atoms with E-state index in [1.807, 2.05) is 54.6 Å². The SMILES string of the molecule is CCCCCCCCCCOc1ccc(C(=NO)c2ccccc2)cc1. The molecule has 0 saturated heterocycles. The van der Waals surface area contributed by atoms with Gasteiger partial charge in [0, 0.05) is 11.1 Å². The molecule has 0 aliphatic rings.